The summed E-state index contributed by atoms with van der Waals surface area (Å²) >= 11 is 0. The molecule has 26 heavy (non-hydrogen) atoms. The SMILES string of the molecule is O=CCC(=O)NCCc1ccc(OCCCCCc2ccccc2)cc1. The fourth-order valence-corrected chi connectivity index (χ4v) is 2.69. The highest BCUT2D eigenvalue weighted by atomic mass is 16.5. The molecule has 1 amide bonds. The van der Waals surface area contributed by atoms with Gasteiger partial charge in [-0.15, -0.1) is 0 Å². The van der Waals surface area contributed by atoms with Crippen LogP contribution in [0.5, 0.6) is 5.75 Å². The topological polar surface area (TPSA) is 55.4 Å². The van der Waals surface area contributed by atoms with Crippen molar-refractivity contribution >= 4 is 12.2 Å². The number of carbonyl (C=O) groups excluding carboxylic acids is 2. The van der Waals surface area contributed by atoms with Crippen molar-refractivity contribution in [2.45, 2.75) is 38.5 Å². The molecule has 4 nitrogen and oxygen atoms in total. The van der Waals surface area contributed by atoms with Crippen molar-refractivity contribution in [3.8, 4) is 5.75 Å². The van der Waals surface area contributed by atoms with E-state index in [4.69, 9.17) is 4.74 Å². The Morgan fingerprint density at radius 2 is 1.62 bits per heavy atom. The molecule has 0 aliphatic rings. The maximum atomic E-state index is 11.2. The van der Waals surface area contributed by atoms with E-state index in [1.165, 1.54) is 12.0 Å². The quantitative estimate of drug-likeness (QED) is 0.359. The number of benzene rings is 2. The lowest BCUT2D eigenvalue weighted by Gasteiger charge is -2.08. The molecule has 0 heterocycles. The summed E-state index contributed by atoms with van der Waals surface area (Å²) in [5, 5.41) is 2.71. The van der Waals surface area contributed by atoms with Gasteiger partial charge in [-0.05, 0) is 55.4 Å². The van der Waals surface area contributed by atoms with Gasteiger partial charge in [0.05, 0.1) is 13.0 Å². The first-order valence-corrected chi connectivity index (χ1v) is 9.24. The molecule has 0 unspecified atom stereocenters. The first-order valence-electron chi connectivity index (χ1n) is 9.24. The fraction of sp³-hybridized carbons (Fsp3) is 0.364. The molecule has 2 rings (SSSR count). The lowest BCUT2D eigenvalue weighted by atomic mass is 10.1. The number of carbonyl (C=O) groups is 2. The van der Waals surface area contributed by atoms with Gasteiger partial charge in [0.25, 0.3) is 0 Å². The predicted molar refractivity (Wildman–Crippen MR) is 103 cm³/mol. The number of unbranched alkanes of at least 4 members (excludes halogenated alkanes) is 2. The van der Waals surface area contributed by atoms with Gasteiger partial charge in [0, 0.05) is 6.54 Å². The summed E-state index contributed by atoms with van der Waals surface area (Å²) in [6, 6.07) is 18.5. The molecule has 4 heteroatoms. The zero-order chi connectivity index (χ0) is 18.5. The Morgan fingerprint density at radius 1 is 0.885 bits per heavy atom. The summed E-state index contributed by atoms with van der Waals surface area (Å²) in [5.41, 5.74) is 2.53. The van der Waals surface area contributed by atoms with Crippen molar-refractivity contribution in [3.05, 3.63) is 65.7 Å². The van der Waals surface area contributed by atoms with Crippen LogP contribution < -0.4 is 10.1 Å². The smallest absolute Gasteiger partial charge is 0.227 e. The second-order valence-electron chi connectivity index (χ2n) is 6.26. The Morgan fingerprint density at radius 3 is 2.35 bits per heavy atom. The lowest BCUT2D eigenvalue weighted by Crippen LogP contribution is -2.25. The van der Waals surface area contributed by atoms with E-state index in [0.717, 1.165) is 43.6 Å². The molecule has 0 fully saturated rings. The summed E-state index contributed by atoms with van der Waals surface area (Å²) in [4.78, 5) is 21.4. The Labute approximate surface area is 155 Å². The Hall–Kier alpha value is -2.62. The number of hydrogen-bond donors (Lipinski definition) is 1. The summed E-state index contributed by atoms with van der Waals surface area (Å²) in [6.45, 7) is 1.27. The molecule has 1 N–H and O–H groups in total. The van der Waals surface area contributed by atoms with E-state index in [1.807, 2.05) is 30.3 Å². The Balaban J connectivity index is 1.55. The third-order valence-electron chi connectivity index (χ3n) is 4.15. The Bertz CT molecular complexity index is 653. The molecule has 0 aliphatic heterocycles. The molecule has 0 aliphatic carbocycles. The fourth-order valence-electron chi connectivity index (χ4n) is 2.69. The lowest BCUT2D eigenvalue weighted by molar-refractivity contribution is -0.123. The standard InChI is InChI=1S/C22H27NO3/c24-17-15-22(25)23-16-14-20-10-12-21(13-11-20)26-18-6-2-5-9-19-7-3-1-4-8-19/h1,3-4,7-8,10-13,17H,2,5-6,9,14-16,18H2,(H,23,25). The van der Waals surface area contributed by atoms with Gasteiger partial charge in [0.15, 0.2) is 0 Å². The van der Waals surface area contributed by atoms with Gasteiger partial charge in [-0.2, -0.15) is 0 Å². The maximum absolute atomic E-state index is 11.2. The zero-order valence-electron chi connectivity index (χ0n) is 15.2. The first-order chi connectivity index (χ1) is 12.8. The minimum Gasteiger partial charge on any atom is -0.494 e. The van der Waals surface area contributed by atoms with Crippen molar-refractivity contribution < 1.29 is 14.3 Å². The first kappa shape index (κ1) is 19.7. The highest BCUT2D eigenvalue weighted by molar-refractivity contribution is 5.87. The molecular weight excluding hydrogens is 326 g/mol. The number of amides is 1. The second kappa shape index (κ2) is 11.9. The molecule has 0 saturated carbocycles. The van der Waals surface area contributed by atoms with Crippen LogP contribution in [0, 0.1) is 0 Å². The van der Waals surface area contributed by atoms with Crippen molar-refractivity contribution in [3.63, 3.8) is 0 Å². The van der Waals surface area contributed by atoms with Crippen LogP contribution in [0.4, 0.5) is 0 Å². The zero-order valence-corrected chi connectivity index (χ0v) is 15.2. The van der Waals surface area contributed by atoms with Gasteiger partial charge in [0.1, 0.15) is 12.0 Å². The van der Waals surface area contributed by atoms with Gasteiger partial charge in [-0.1, -0.05) is 42.5 Å². The minimum atomic E-state index is -0.229. The molecule has 138 valence electrons. The molecule has 2 aromatic carbocycles. The summed E-state index contributed by atoms with van der Waals surface area (Å²) in [5.74, 6) is 0.647. The number of rotatable bonds is 12. The van der Waals surface area contributed by atoms with Gasteiger partial charge in [-0.3, -0.25) is 4.79 Å². The minimum absolute atomic E-state index is 0.0713. The monoisotopic (exact) mass is 353 g/mol. The predicted octanol–water partition coefficient (Wildman–Crippen LogP) is 3.73. The summed E-state index contributed by atoms with van der Waals surface area (Å²) in [7, 11) is 0. The number of ether oxygens (including phenoxy) is 1. The molecular formula is C22H27NO3. The number of aryl methyl sites for hydroxylation is 1. The van der Waals surface area contributed by atoms with Crippen LogP contribution in [0.15, 0.2) is 54.6 Å². The van der Waals surface area contributed by atoms with Crippen LogP contribution in [-0.4, -0.2) is 25.3 Å². The number of nitrogens with one attached hydrogen (secondary N) is 1. The van der Waals surface area contributed by atoms with Gasteiger partial charge >= 0.3 is 0 Å². The molecule has 0 atom stereocenters. The van der Waals surface area contributed by atoms with E-state index in [2.05, 4.69) is 29.6 Å². The van der Waals surface area contributed by atoms with Crippen LogP contribution in [0.2, 0.25) is 0 Å². The van der Waals surface area contributed by atoms with E-state index < -0.39 is 0 Å². The van der Waals surface area contributed by atoms with Crippen LogP contribution in [-0.2, 0) is 22.4 Å². The average molecular weight is 353 g/mol. The van der Waals surface area contributed by atoms with Crippen LogP contribution in [0.3, 0.4) is 0 Å². The largest absolute Gasteiger partial charge is 0.494 e. The average Bonchev–Trinajstić information content (AvgIpc) is 2.67. The third-order valence-corrected chi connectivity index (χ3v) is 4.15. The molecule has 0 bridgehead atoms. The normalized spacial score (nSPS) is 10.3. The van der Waals surface area contributed by atoms with Gasteiger partial charge in [0.2, 0.25) is 5.91 Å². The molecule has 0 saturated heterocycles. The van der Waals surface area contributed by atoms with Crippen molar-refractivity contribution in [1.82, 2.24) is 5.32 Å². The highest BCUT2D eigenvalue weighted by Gasteiger charge is 2.00. The number of hydrogen-bond acceptors (Lipinski definition) is 3. The maximum Gasteiger partial charge on any atom is 0.227 e. The van der Waals surface area contributed by atoms with E-state index in [0.29, 0.717) is 12.8 Å². The van der Waals surface area contributed by atoms with E-state index in [1.54, 1.807) is 0 Å². The Kier molecular flexibility index (Phi) is 8.98. The van der Waals surface area contributed by atoms with Crippen molar-refractivity contribution in [2.75, 3.05) is 13.2 Å². The molecule has 0 aromatic heterocycles. The van der Waals surface area contributed by atoms with Crippen LogP contribution >= 0.6 is 0 Å². The van der Waals surface area contributed by atoms with Gasteiger partial charge < -0.3 is 14.8 Å². The van der Waals surface area contributed by atoms with Crippen LogP contribution in [0.1, 0.15) is 36.8 Å². The van der Waals surface area contributed by atoms with Gasteiger partial charge in [-0.25, -0.2) is 0 Å². The van der Waals surface area contributed by atoms with E-state index >= 15 is 0 Å². The third kappa shape index (κ3) is 7.97. The summed E-state index contributed by atoms with van der Waals surface area (Å²) < 4.78 is 5.78. The van der Waals surface area contributed by atoms with Crippen LogP contribution in [0.25, 0.3) is 0 Å². The molecule has 0 spiro atoms. The van der Waals surface area contributed by atoms with E-state index in [9.17, 15) is 9.59 Å². The highest BCUT2D eigenvalue weighted by Crippen LogP contribution is 2.13. The molecule has 2 aromatic rings. The van der Waals surface area contributed by atoms with Crippen molar-refractivity contribution in [1.29, 1.82) is 0 Å². The number of aldehydes is 1. The molecule has 0 radical (unpaired) electrons. The second-order valence-corrected chi connectivity index (χ2v) is 6.26. The van der Waals surface area contributed by atoms with E-state index in [-0.39, 0.29) is 12.3 Å². The summed E-state index contributed by atoms with van der Waals surface area (Å²) in [6.07, 6.45) is 5.80. The van der Waals surface area contributed by atoms with Crippen molar-refractivity contribution in [2.24, 2.45) is 0 Å².